The van der Waals surface area contributed by atoms with Crippen molar-refractivity contribution in [1.82, 2.24) is 0 Å². The molecule has 5 N–H and O–H groups in total. The highest BCUT2D eigenvalue weighted by Gasteiger charge is 2.47. The smallest absolute Gasteiger partial charge is 0.229 e. The molecule has 2 aromatic carbocycles. The summed E-state index contributed by atoms with van der Waals surface area (Å²) in [5.74, 6) is 0.156. The van der Waals surface area contributed by atoms with Crippen molar-refractivity contribution >= 4 is 5.78 Å². The number of aliphatic hydroxyl groups excluding tert-OH is 4. The number of hydrogen-bond donors (Lipinski definition) is 5. The fourth-order valence-corrected chi connectivity index (χ4v) is 4.11. The average molecular weight is 492 g/mol. The number of carbonyl (C=O) groups is 1. The molecule has 0 spiro atoms. The van der Waals surface area contributed by atoms with E-state index >= 15 is 0 Å². The van der Waals surface area contributed by atoms with E-state index in [1.807, 2.05) is 0 Å². The third-order valence-electron chi connectivity index (χ3n) is 6.14. The molecule has 2 aliphatic rings. The first-order valence-corrected chi connectivity index (χ1v) is 10.9. The lowest BCUT2D eigenvalue weighted by molar-refractivity contribution is -0.277. The van der Waals surface area contributed by atoms with Crippen molar-refractivity contribution in [2.45, 2.75) is 42.7 Å². The van der Waals surface area contributed by atoms with Crippen LogP contribution in [0.3, 0.4) is 0 Å². The molecule has 0 aromatic heterocycles. The van der Waals surface area contributed by atoms with Crippen LogP contribution in [0.1, 0.15) is 15.9 Å². The van der Waals surface area contributed by atoms with E-state index in [0.717, 1.165) is 0 Å². The molecule has 2 aromatic rings. The van der Waals surface area contributed by atoms with E-state index < -0.39 is 48.7 Å². The van der Waals surface area contributed by atoms with Gasteiger partial charge in [-0.05, 0) is 17.7 Å². The van der Waals surface area contributed by atoms with Crippen LogP contribution in [0.2, 0.25) is 0 Å². The molecule has 2 heterocycles. The summed E-state index contributed by atoms with van der Waals surface area (Å²) in [6, 6.07) is 9.66. The lowest BCUT2D eigenvalue weighted by Crippen LogP contribution is -2.60. The Morgan fingerprint density at radius 1 is 1.00 bits per heavy atom. The van der Waals surface area contributed by atoms with E-state index in [4.69, 9.17) is 23.7 Å². The molecule has 35 heavy (non-hydrogen) atoms. The van der Waals surface area contributed by atoms with E-state index in [0.29, 0.717) is 11.3 Å². The van der Waals surface area contributed by atoms with E-state index in [1.54, 1.807) is 24.3 Å². The van der Waals surface area contributed by atoms with Crippen LogP contribution in [0.15, 0.2) is 36.4 Å². The molecule has 11 heteroatoms. The second-order valence-electron chi connectivity index (χ2n) is 8.49. The number of methoxy groups -OCH3 is 2. The summed E-state index contributed by atoms with van der Waals surface area (Å²) < 4.78 is 27.2. The molecular formula is C24H28O11. The highest BCUT2D eigenvalue weighted by Crippen LogP contribution is 2.42. The fourth-order valence-electron chi connectivity index (χ4n) is 4.11. The number of rotatable bonds is 7. The van der Waals surface area contributed by atoms with Crippen molar-refractivity contribution in [3.05, 3.63) is 47.5 Å². The van der Waals surface area contributed by atoms with Gasteiger partial charge in [0.2, 0.25) is 12.1 Å². The van der Waals surface area contributed by atoms with Crippen molar-refractivity contribution in [2.75, 3.05) is 27.4 Å². The molecule has 6 atom stereocenters. The summed E-state index contributed by atoms with van der Waals surface area (Å²) in [7, 11) is 2.92. The average Bonchev–Trinajstić information content (AvgIpc) is 2.87. The van der Waals surface area contributed by atoms with Gasteiger partial charge in [0.25, 0.3) is 0 Å². The maximum absolute atomic E-state index is 13.5. The third kappa shape index (κ3) is 4.79. The summed E-state index contributed by atoms with van der Waals surface area (Å²) in [6.45, 7) is -0.970. The maximum atomic E-state index is 13.5. The lowest BCUT2D eigenvalue weighted by Gasteiger charge is -2.40. The Labute approximate surface area is 201 Å². The Hall–Kier alpha value is -2.93. The van der Waals surface area contributed by atoms with Gasteiger partial charge >= 0.3 is 0 Å². The first-order chi connectivity index (χ1) is 16.7. The number of carbonyl (C=O) groups excluding carboxylic acids is 1. The van der Waals surface area contributed by atoms with E-state index in [2.05, 4.69) is 0 Å². The van der Waals surface area contributed by atoms with Crippen LogP contribution in [0.5, 0.6) is 23.0 Å². The monoisotopic (exact) mass is 492 g/mol. The van der Waals surface area contributed by atoms with Crippen molar-refractivity contribution < 1.29 is 54.0 Å². The molecule has 0 aliphatic carbocycles. The van der Waals surface area contributed by atoms with Gasteiger partial charge in [-0.1, -0.05) is 12.1 Å². The first-order valence-electron chi connectivity index (χ1n) is 10.9. The summed E-state index contributed by atoms with van der Waals surface area (Å²) in [6.07, 6.45) is -7.77. The Morgan fingerprint density at radius 2 is 1.69 bits per heavy atom. The SMILES string of the molecule is COc1ccc(C[C@@]2(O)COc3cc(OC)cc(O[C@H]4O[C@H](CO)[C@@H](O)[C@H](O)[C@@H]4O)c3C2=O)cc1. The molecular weight excluding hydrogens is 464 g/mol. The molecule has 0 unspecified atom stereocenters. The van der Waals surface area contributed by atoms with Gasteiger partial charge in [0.15, 0.2) is 5.60 Å². The van der Waals surface area contributed by atoms with Crippen molar-refractivity contribution in [3.63, 3.8) is 0 Å². The topological polar surface area (TPSA) is 164 Å². The van der Waals surface area contributed by atoms with Crippen LogP contribution in [-0.2, 0) is 11.2 Å². The predicted molar refractivity (Wildman–Crippen MR) is 119 cm³/mol. The molecule has 1 saturated heterocycles. The van der Waals surface area contributed by atoms with Crippen molar-refractivity contribution in [1.29, 1.82) is 0 Å². The maximum Gasteiger partial charge on any atom is 0.229 e. The minimum absolute atomic E-state index is 0.0548. The lowest BCUT2D eigenvalue weighted by atomic mass is 9.85. The van der Waals surface area contributed by atoms with Gasteiger partial charge in [0.1, 0.15) is 59.6 Å². The summed E-state index contributed by atoms with van der Waals surface area (Å²) in [5.41, 5.74) is -1.37. The van der Waals surface area contributed by atoms with Gasteiger partial charge < -0.3 is 49.2 Å². The predicted octanol–water partition coefficient (Wildman–Crippen LogP) is -0.569. The highest BCUT2D eigenvalue weighted by molar-refractivity contribution is 6.08. The van der Waals surface area contributed by atoms with Crippen LogP contribution >= 0.6 is 0 Å². The molecule has 0 radical (unpaired) electrons. The summed E-state index contributed by atoms with van der Waals surface area (Å²) >= 11 is 0. The Balaban J connectivity index is 1.66. The van der Waals surface area contributed by atoms with Crippen molar-refractivity contribution in [3.8, 4) is 23.0 Å². The van der Waals surface area contributed by atoms with Crippen molar-refractivity contribution in [2.24, 2.45) is 0 Å². The molecule has 0 amide bonds. The second-order valence-corrected chi connectivity index (χ2v) is 8.49. The first kappa shape index (κ1) is 25.2. The zero-order valence-corrected chi connectivity index (χ0v) is 19.2. The minimum atomic E-state index is -1.93. The highest BCUT2D eigenvalue weighted by atomic mass is 16.7. The third-order valence-corrected chi connectivity index (χ3v) is 6.14. The van der Waals surface area contributed by atoms with Crippen LogP contribution in [0, 0.1) is 0 Å². The fraction of sp³-hybridized carbons (Fsp3) is 0.458. The van der Waals surface area contributed by atoms with E-state index in [9.17, 15) is 30.3 Å². The number of Topliss-reactive ketones (excluding diaryl/α,β-unsaturated/α-hetero) is 1. The normalized spacial score (nSPS) is 30.3. The largest absolute Gasteiger partial charge is 0.497 e. The van der Waals surface area contributed by atoms with Gasteiger partial charge in [0, 0.05) is 18.6 Å². The van der Waals surface area contributed by atoms with Gasteiger partial charge in [-0.25, -0.2) is 0 Å². The number of fused-ring (bicyclic) bond motifs is 1. The molecule has 2 aliphatic heterocycles. The Kier molecular flexibility index (Phi) is 7.17. The summed E-state index contributed by atoms with van der Waals surface area (Å²) in [4.78, 5) is 13.5. The molecule has 190 valence electrons. The number of ketones is 1. The summed E-state index contributed by atoms with van der Waals surface area (Å²) in [5, 5.41) is 51.2. The van der Waals surface area contributed by atoms with Gasteiger partial charge in [-0.2, -0.15) is 0 Å². The van der Waals surface area contributed by atoms with Crippen LogP contribution in [0.4, 0.5) is 0 Å². The molecule has 1 fully saturated rings. The number of aliphatic hydroxyl groups is 5. The Morgan fingerprint density at radius 3 is 2.31 bits per heavy atom. The van der Waals surface area contributed by atoms with Gasteiger partial charge in [-0.15, -0.1) is 0 Å². The second kappa shape index (κ2) is 9.97. The zero-order chi connectivity index (χ0) is 25.3. The number of benzene rings is 2. The number of ether oxygens (including phenoxy) is 5. The standard InChI is InChI=1S/C24H28O11/c1-31-13-5-3-12(4-6-13)9-24(30)11-33-15-7-14(32-2)8-16(18(15)22(24)29)34-23-21(28)20(27)19(26)17(10-25)35-23/h3-8,17,19-21,23,25-28,30H,9-11H2,1-2H3/t17-,19-,20+,21+,23+,24-/m1/s1. The zero-order valence-electron chi connectivity index (χ0n) is 19.2. The Bertz CT molecular complexity index is 1050. The van der Waals surface area contributed by atoms with Crippen LogP contribution in [-0.4, -0.2) is 95.1 Å². The van der Waals surface area contributed by atoms with Gasteiger partial charge in [0.05, 0.1) is 20.8 Å². The van der Waals surface area contributed by atoms with Gasteiger partial charge in [-0.3, -0.25) is 4.79 Å². The molecule has 11 nitrogen and oxygen atoms in total. The minimum Gasteiger partial charge on any atom is -0.497 e. The number of hydrogen-bond acceptors (Lipinski definition) is 11. The molecule has 0 bridgehead atoms. The molecule has 0 saturated carbocycles. The quantitative estimate of drug-likeness (QED) is 0.336. The van der Waals surface area contributed by atoms with Crippen LogP contribution in [0.25, 0.3) is 0 Å². The van der Waals surface area contributed by atoms with Crippen LogP contribution < -0.4 is 18.9 Å². The van der Waals surface area contributed by atoms with E-state index in [1.165, 1.54) is 26.4 Å². The molecule has 4 rings (SSSR count). The van der Waals surface area contributed by atoms with E-state index in [-0.39, 0.29) is 35.8 Å².